The van der Waals surface area contributed by atoms with E-state index in [0.29, 0.717) is 18.5 Å². The molecule has 1 aliphatic heterocycles. The minimum Gasteiger partial charge on any atom is -0.463 e. The molecule has 1 fully saturated rings. The zero-order valence-electron chi connectivity index (χ0n) is 12.1. The molecule has 0 spiro atoms. The van der Waals surface area contributed by atoms with Crippen molar-refractivity contribution < 1.29 is 4.74 Å². The van der Waals surface area contributed by atoms with E-state index in [1.807, 2.05) is 6.92 Å². The lowest BCUT2D eigenvalue weighted by atomic mass is 10.1. The molecule has 0 aromatic carbocycles. The molecule has 1 aromatic heterocycles. The SMILES string of the molecule is CCCOc1nc(Cl)nc(NCC2CCN(CC)C2)n1. The van der Waals surface area contributed by atoms with Crippen LogP contribution in [0, 0.1) is 5.92 Å². The molecule has 1 aromatic rings. The summed E-state index contributed by atoms with van der Waals surface area (Å²) in [6.07, 6.45) is 2.11. The molecule has 7 heteroatoms. The molecule has 0 saturated carbocycles. The second-order valence-corrected chi connectivity index (χ2v) is 5.33. The number of halogens is 1. The lowest BCUT2D eigenvalue weighted by Gasteiger charge is -2.14. The second kappa shape index (κ2) is 7.59. The Labute approximate surface area is 124 Å². The fourth-order valence-electron chi connectivity index (χ4n) is 2.27. The number of anilines is 1. The molecular weight excluding hydrogens is 278 g/mol. The minimum atomic E-state index is 0.162. The molecule has 2 heterocycles. The molecule has 1 unspecified atom stereocenters. The lowest BCUT2D eigenvalue weighted by molar-refractivity contribution is 0.291. The topological polar surface area (TPSA) is 63.2 Å². The van der Waals surface area contributed by atoms with Crippen LogP contribution >= 0.6 is 11.6 Å². The molecule has 1 saturated heterocycles. The lowest BCUT2D eigenvalue weighted by Crippen LogP contribution is -2.23. The summed E-state index contributed by atoms with van der Waals surface area (Å²) in [5.41, 5.74) is 0. The Bertz CT molecular complexity index is 431. The third-order valence-corrected chi connectivity index (χ3v) is 3.56. The zero-order valence-corrected chi connectivity index (χ0v) is 12.9. The second-order valence-electron chi connectivity index (χ2n) is 4.99. The Kier molecular flexibility index (Phi) is 5.79. The van der Waals surface area contributed by atoms with Gasteiger partial charge in [-0.1, -0.05) is 13.8 Å². The largest absolute Gasteiger partial charge is 0.463 e. The monoisotopic (exact) mass is 299 g/mol. The van der Waals surface area contributed by atoms with Crippen LogP contribution in [0.5, 0.6) is 6.01 Å². The minimum absolute atomic E-state index is 0.162. The highest BCUT2D eigenvalue weighted by Gasteiger charge is 2.21. The van der Waals surface area contributed by atoms with Crippen molar-refractivity contribution in [3.05, 3.63) is 5.28 Å². The number of hydrogen-bond donors (Lipinski definition) is 1. The maximum absolute atomic E-state index is 5.88. The van der Waals surface area contributed by atoms with Crippen LogP contribution in [0.3, 0.4) is 0 Å². The van der Waals surface area contributed by atoms with Crippen molar-refractivity contribution in [2.45, 2.75) is 26.7 Å². The summed E-state index contributed by atoms with van der Waals surface area (Å²) in [6, 6.07) is 0.288. The van der Waals surface area contributed by atoms with Crippen LogP contribution in [-0.2, 0) is 0 Å². The van der Waals surface area contributed by atoms with Gasteiger partial charge in [0.2, 0.25) is 11.2 Å². The highest BCUT2D eigenvalue weighted by molar-refractivity contribution is 6.28. The van der Waals surface area contributed by atoms with Gasteiger partial charge in [-0.05, 0) is 43.5 Å². The molecule has 0 radical (unpaired) electrons. The first-order valence-corrected chi connectivity index (χ1v) is 7.59. The van der Waals surface area contributed by atoms with E-state index in [4.69, 9.17) is 16.3 Å². The van der Waals surface area contributed by atoms with E-state index < -0.39 is 0 Å². The Hall–Kier alpha value is -1.14. The predicted molar refractivity (Wildman–Crippen MR) is 79.3 cm³/mol. The van der Waals surface area contributed by atoms with E-state index >= 15 is 0 Å². The fraction of sp³-hybridized carbons (Fsp3) is 0.769. The van der Waals surface area contributed by atoms with E-state index in [0.717, 1.165) is 26.1 Å². The highest BCUT2D eigenvalue weighted by atomic mass is 35.5. The molecule has 1 N–H and O–H groups in total. The normalized spacial score (nSPS) is 19.2. The summed E-state index contributed by atoms with van der Waals surface area (Å²) < 4.78 is 5.39. The maximum Gasteiger partial charge on any atom is 0.322 e. The zero-order chi connectivity index (χ0) is 14.4. The third kappa shape index (κ3) is 4.45. The fourth-order valence-corrected chi connectivity index (χ4v) is 2.42. The average Bonchev–Trinajstić information content (AvgIpc) is 2.90. The van der Waals surface area contributed by atoms with E-state index in [9.17, 15) is 0 Å². The maximum atomic E-state index is 5.88. The quantitative estimate of drug-likeness (QED) is 0.831. The van der Waals surface area contributed by atoms with Gasteiger partial charge in [0, 0.05) is 13.1 Å². The van der Waals surface area contributed by atoms with Crippen LogP contribution in [-0.4, -0.2) is 52.6 Å². The molecule has 1 atom stereocenters. The first-order chi connectivity index (χ1) is 9.71. The standard InChI is InChI=1S/C13H22ClN5O/c1-3-7-20-13-17-11(14)16-12(18-13)15-8-10-5-6-19(4-2)9-10/h10H,3-9H2,1-2H3,(H,15,16,17,18). The molecule has 2 rings (SSSR count). The number of ether oxygens (including phenoxy) is 1. The van der Waals surface area contributed by atoms with Crippen LogP contribution in [0.25, 0.3) is 0 Å². The van der Waals surface area contributed by atoms with Crippen molar-refractivity contribution in [3.8, 4) is 6.01 Å². The van der Waals surface area contributed by atoms with Crippen LogP contribution in [0.4, 0.5) is 5.95 Å². The van der Waals surface area contributed by atoms with Gasteiger partial charge in [-0.3, -0.25) is 0 Å². The van der Waals surface area contributed by atoms with E-state index in [1.54, 1.807) is 0 Å². The van der Waals surface area contributed by atoms with Crippen LogP contribution in [0.1, 0.15) is 26.7 Å². The third-order valence-electron chi connectivity index (χ3n) is 3.39. The van der Waals surface area contributed by atoms with Gasteiger partial charge in [0.05, 0.1) is 6.61 Å². The number of rotatable bonds is 7. The van der Waals surface area contributed by atoms with Gasteiger partial charge < -0.3 is 15.0 Å². The summed E-state index contributed by atoms with van der Waals surface area (Å²) in [5, 5.41) is 3.40. The van der Waals surface area contributed by atoms with Gasteiger partial charge in [0.25, 0.3) is 0 Å². The van der Waals surface area contributed by atoms with Gasteiger partial charge in [-0.25, -0.2) is 0 Å². The Morgan fingerprint density at radius 1 is 1.35 bits per heavy atom. The molecule has 0 amide bonds. The Morgan fingerprint density at radius 3 is 2.90 bits per heavy atom. The summed E-state index contributed by atoms with van der Waals surface area (Å²) in [7, 11) is 0. The van der Waals surface area contributed by atoms with Gasteiger partial charge in [-0.15, -0.1) is 0 Å². The first-order valence-electron chi connectivity index (χ1n) is 7.21. The summed E-state index contributed by atoms with van der Waals surface area (Å²) in [4.78, 5) is 14.7. The molecule has 0 aliphatic carbocycles. The van der Waals surface area contributed by atoms with Crippen molar-refractivity contribution >= 4 is 17.5 Å². The number of likely N-dealkylation sites (tertiary alicyclic amines) is 1. The van der Waals surface area contributed by atoms with Crippen LogP contribution < -0.4 is 10.1 Å². The summed E-state index contributed by atoms with van der Waals surface area (Å²) >= 11 is 5.88. The van der Waals surface area contributed by atoms with Crippen molar-refractivity contribution in [1.82, 2.24) is 19.9 Å². The van der Waals surface area contributed by atoms with Gasteiger partial charge in [-0.2, -0.15) is 15.0 Å². The Morgan fingerprint density at radius 2 is 2.20 bits per heavy atom. The van der Waals surface area contributed by atoms with Crippen molar-refractivity contribution in [2.75, 3.05) is 38.1 Å². The van der Waals surface area contributed by atoms with Crippen LogP contribution in [0.15, 0.2) is 0 Å². The number of nitrogens with one attached hydrogen (secondary N) is 1. The van der Waals surface area contributed by atoms with E-state index in [1.165, 1.54) is 13.0 Å². The van der Waals surface area contributed by atoms with Crippen molar-refractivity contribution in [2.24, 2.45) is 5.92 Å². The van der Waals surface area contributed by atoms with E-state index in [2.05, 4.69) is 32.1 Å². The molecule has 112 valence electrons. The van der Waals surface area contributed by atoms with Crippen LogP contribution in [0.2, 0.25) is 5.28 Å². The molecule has 0 bridgehead atoms. The Balaban J connectivity index is 1.87. The predicted octanol–water partition coefficient (Wildman–Crippen LogP) is 2.07. The van der Waals surface area contributed by atoms with E-state index in [-0.39, 0.29) is 11.3 Å². The smallest absolute Gasteiger partial charge is 0.322 e. The molecule has 20 heavy (non-hydrogen) atoms. The number of aromatic nitrogens is 3. The highest BCUT2D eigenvalue weighted by Crippen LogP contribution is 2.17. The average molecular weight is 300 g/mol. The van der Waals surface area contributed by atoms with Crippen molar-refractivity contribution in [3.63, 3.8) is 0 Å². The summed E-state index contributed by atoms with van der Waals surface area (Å²) in [5.74, 6) is 1.12. The summed E-state index contributed by atoms with van der Waals surface area (Å²) in [6.45, 7) is 9.06. The molecule has 6 nitrogen and oxygen atoms in total. The molecule has 1 aliphatic rings. The number of nitrogens with zero attached hydrogens (tertiary/aromatic N) is 4. The first kappa shape index (κ1) is 15.3. The molecular formula is C13H22ClN5O. The number of hydrogen-bond acceptors (Lipinski definition) is 6. The van der Waals surface area contributed by atoms with Crippen molar-refractivity contribution in [1.29, 1.82) is 0 Å². The van der Waals surface area contributed by atoms with Gasteiger partial charge >= 0.3 is 6.01 Å². The van der Waals surface area contributed by atoms with Gasteiger partial charge in [0.1, 0.15) is 0 Å². The van der Waals surface area contributed by atoms with Gasteiger partial charge in [0.15, 0.2) is 0 Å².